The number of amides is 1. The molecule has 0 bridgehead atoms. The van der Waals surface area contributed by atoms with Gasteiger partial charge in [0.05, 0.1) is 12.2 Å². The van der Waals surface area contributed by atoms with Crippen LogP contribution < -0.4 is 5.32 Å². The Bertz CT molecular complexity index is 367. The van der Waals surface area contributed by atoms with Crippen LogP contribution in [-0.4, -0.2) is 17.1 Å². The molecule has 0 unspecified atom stereocenters. The fourth-order valence-electron chi connectivity index (χ4n) is 0.816. The molecular weight excluding hydrogens is 233 g/mol. The number of pyridine rings is 1. The van der Waals surface area contributed by atoms with Crippen LogP contribution >= 0.6 is 11.6 Å². The lowest BCUT2D eigenvalue weighted by Crippen LogP contribution is -2.36. The monoisotopic (exact) mass is 238 g/mol. The largest absolute Gasteiger partial charge is 0.471 e. The highest BCUT2D eigenvalue weighted by Crippen LogP contribution is 2.14. The van der Waals surface area contributed by atoms with Crippen molar-refractivity contribution >= 4 is 17.5 Å². The molecule has 0 atom stereocenters. The number of carbonyl (C=O) groups excluding carboxylic acids is 1. The van der Waals surface area contributed by atoms with Gasteiger partial charge in [-0.05, 0) is 12.1 Å². The summed E-state index contributed by atoms with van der Waals surface area (Å²) in [6.07, 6.45) is -3.53. The van der Waals surface area contributed by atoms with Crippen LogP contribution in [0.5, 0.6) is 0 Å². The topological polar surface area (TPSA) is 42.0 Å². The Morgan fingerprint density at radius 1 is 1.53 bits per heavy atom. The van der Waals surface area contributed by atoms with Crippen LogP contribution in [0.15, 0.2) is 18.3 Å². The molecule has 0 saturated carbocycles. The summed E-state index contributed by atoms with van der Waals surface area (Å²) >= 11 is 5.58. The molecule has 1 aromatic rings. The van der Waals surface area contributed by atoms with Crippen molar-refractivity contribution in [2.75, 3.05) is 0 Å². The lowest BCUT2D eigenvalue weighted by Gasteiger charge is -2.07. The zero-order valence-electron chi connectivity index (χ0n) is 7.31. The van der Waals surface area contributed by atoms with Gasteiger partial charge in [-0.15, -0.1) is 0 Å². The van der Waals surface area contributed by atoms with Crippen LogP contribution in [-0.2, 0) is 11.3 Å². The third kappa shape index (κ3) is 3.75. The number of alkyl halides is 3. The molecule has 0 aliphatic heterocycles. The SMILES string of the molecule is O=C(NCc1cc(Cl)ccn1)C(F)(F)F. The minimum Gasteiger partial charge on any atom is -0.343 e. The second-order valence-electron chi connectivity index (χ2n) is 2.65. The first-order chi connectivity index (χ1) is 6.89. The van der Waals surface area contributed by atoms with Crippen molar-refractivity contribution in [1.29, 1.82) is 0 Å². The van der Waals surface area contributed by atoms with E-state index >= 15 is 0 Å². The Morgan fingerprint density at radius 3 is 2.73 bits per heavy atom. The molecule has 1 aromatic heterocycles. The molecule has 3 nitrogen and oxygen atoms in total. The summed E-state index contributed by atoms with van der Waals surface area (Å²) < 4.78 is 35.3. The fraction of sp³-hybridized carbons (Fsp3) is 0.250. The third-order valence-corrected chi connectivity index (χ3v) is 1.70. The smallest absolute Gasteiger partial charge is 0.343 e. The molecule has 0 radical (unpaired) electrons. The third-order valence-electron chi connectivity index (χ3n) is 1.47. The van der Waals surface area contributed by atoms with Crippen LogP contribution in [0.25, 0.3) is 0 Å². The summed E-state index contributed by atoms with van der Waals surface area (Å²) in [6, 6.07) is 2.86. The zero-order valence-corrected chi connectivity index (χ0v) is 8.06. The average Bonchev–Trinajstić information content (AvgIpc) is 2.12. The van der Waals surface area contributed by atoms with Gasteiger partial charge in [0.1, 0.15) is 0 Å². The number of hydrogen-bond donors (Lipinski definition) is 1. The molecule has 1 amide bonds. The van der Waals surface area contributed by atoms with E-state index in [4.69, 9.17) is 11.6 Å². The lowest BCUT2D eigenvalue weighted by atomic mass is 10.3. The summed E-state index contributed by atoms with van der Waals surface area (Å²) in [5.41, 5.74) is 0.264. The molecule has 0 aliphatic carbocycles. The van der Waals surface area contributed by atoms with Crippen molar-refractivity contribution in [1.82, 2.24) is 10.3 Å². The van der Waals surface area contributed by atoms with Gasteiger partial charge in [0, 0.05) is 11.2 Å². The Kier molecular flexibility index (Phi) is 3.52. The van der Waals surface area contributed by atoms with Crippen molar-refractivity contribution in [3.05, 3.63) is 29.0 Å². The predicted octanol–water partition coefficient (Wildman–Crippen LogP) is 1.91. The van der Waals surface area contributed by atoms with Crippen molar-refractivity contribution < 1.29 is 18.0 Å². The molecular formula is C8H6ClF3N2O. The van der Waals surface area contributed by atoms with Gasteiger partial charge in [0.2, 0.25) is 0 Å². The summed E-state index contributed by atoms with van der Waals surface area (Å²) in [5, 5.41) is 2.03. The van der Waals surface area contributed by atoms with Crippen LogP contribution in [0.3, 0.4) is 0 Å². The van der Waals surface area contributed by atoms with E-state index in [9.17, 15) is 18.0 Å². The van der Waals surface area contributed by atoms with Crippen LogP contribution in [0.4, 0.5) is 13.2 Å². The molecule has 1 rings (SSSR count). The van der Waals surface area contributed by atoms with E-state index in [1.54, 1.807) is 5.32 Å². The molecule has 0 spiro atoms. The van der Waals surface area contributed by atoms with E-state index < -0.39 is 12.1 Å². The minimum atomic E-state index is -4.88. The highest BCUT2D eigenvalue weighted by atomic mass is 35.5. The Hall–Kier alpha value is -1.30. The first-order valence-corrected chi connectivity index (χ1v) is 4.23. The molecule has 1 N–H and O–H groups in total. The van der Waals surface area contributed by atoms with Crippen molar-refractivity contribution in [2.45, 2.75) is 12.7 Å². The van der Waals surface area contributed by atoms with E-state index in [1.807, 2.05) is 0 Å². The van der Waals surface area contributed by atoms with Gasteiger partial charge in [0.25, 0.3) is 0 Å². The maximum atomic E-state index is 11.8. The second kappa shape index (κ2) is 4.48. The van der Waals surface area contributed by atoms with Crippen LogP contribution in [0, 0.1) is 0 Å². The highest BCUT2D eigenvalue weighted by Gasteiger charge is 2.38. The number of aromatic nitrogens is 1. The molecule has 82 valence electrons. The average molecular weight is 239 g/mol. The highest BCUT2D eigenvalue weighted by molar-refractivity contribution is 6.30. The molecule has 0 aliphatic rings. The minimum absolute atomic E-state index is 0.264. The molecule has 1 heterocycles. The molecule has 7 heteroatoms. The number of hydrogen-bond acceptors (Lipinski definition) is 2. The van der Waals surface area contributed by atoms with Crippen LogP contribution in [0.1, 0.15) is 5.69 Å². The summed E-state index contributed by atoms with van der Waals surface area (Å²) in [7, 11) is 0. The quantitative estimate of drug-likeness (QED) is 0.855. The van der Waals surface area contributed by atoms with E-state index in [2.05, 4.69) is 4.98 Å². The maximum Gasteiger partial charge on any atom is 0.471 e. The van der Waals surface area contributed by atoms with Crippen molar-refractivity contribution in [2.24, 2.45) is 0 Å². The lowest BCUT2D eigenvalue weighted by molar-refractivity contribution is -0.173. The zero-order chi connectivity index (χ0) is 11.5. The van der Waals surface area contributed by atoms with Gasteiger partial charge >= 0.3 is 12.1 Å². The summed E-state index contributed by atoms with van der Waals surface area (Å²) in [5.74, 6) is -2.00. The Morgan fingerprint density at radius 2 is 2.20 bits per heavy atom. The van der Waals surface area contributed by atoms with Gasteiger partial charge in [0.15, 0.2) is 0 Å². The number of halogens is 4. The number of rotatable bonds is 2. The van der Waals surface area contributed by atoms with Gasteiger partial charge in [-0.25, -0.2) is 0 Å². The number of nitrogens with one attached hydrogen (secondary N) is 1. The Labute approximate surface area is 88.3 Å². The Balaban J connectivity index is 2.55. The molecule has 15 heavy (non-hydrogen) atoms. The van der Waals surface area contributed by atoms with E-state index in [0.29, 0.717) is 5.02 Å². The van der Waals surface area contributed by atoms with E-state index in [-0.39, 0.29) is 12.2 Å². The number of nitrogens with zero attached hydrogens (tertiary/aromatic N) is 1. The standard InChI is InChI=1S/C8H6ClF3N2O/c9-5-1-2-13-6(3-5)4-14-7(15)8(10,11)12/h1-3H,4H2,(H,14,15). The van der Waals surface area contributed by atoms with Crippen molar-refractivity contribution in [3.63, 3.8) is 0 Å². The molecule has 0 saturated heterocycles. The van der Waals surface area contributed by atoms with Gasteiger partial charge < -0.3 is 5.32 Å². The summed E-state index contributed by atoms with van der Waals surface area (Å²) in [4.78, 5) is 14.2. The fourth-order valence-corrected chi connectivity index (χ4v) is 0.999. The van der Waals surface area contributed by atoms with Gasteiger partial charge in [-0.2, -0.15) is 13.2 Å². The normalized spacial score (nSPS) is 11.2. The van der Waals surface area contributed by atoms with Crippen LogP contribution in [0.2, 0.25) is 5.02 Å². The molecule has 0 aromatic carbocycles. The molecule has 0 fully saturated rings. The van der Waals surface area contributed by atoms with E-state index in [1.165, 1.54) is 18.3 Å². The van der Waals surface area contributed by atoms with E-state index in [0.717, 1.165) is 0 Å². The first-order valence-electron chi connectivity index (χ1n) is 3.85. The van der Waals surface area contributed by atoms with Gasteiger partial charge in [-0.1, -0.05) is 11.6 Å². The predicted molar refractivity (Wildman–Crippen MR) is 47.1 cm³/mol. The summed E-state index contributed by atoms with van der Waals surface area (Å²) in [6.45, 7) is -0.307. The second-order valence-corrected chi connectivity index (χ2v) is 3.08. The van der Waals surface area contributed by atoms with Gasteiger partial charge in [-0.3, -0.25) is 9.78 Å². The first kappa shape index (κ1) is 11.8. The number of carbonyl (C=O) groups is 1. The maximum absolute atomic E-state index is 11.8. The van der Waals surface area contributed by atoms with Crippen molar-refractivity contribution in [3.8, 4) is 0 Å².